The zero-order valence-corrected chi connectivity index (χ0v) is 9.37. The van der Waals surface area contributed by atoms with E-state index in [1.807, 2.05) is 0 Å². The summed E-state index contributed by atoms with van der Waals surface area (Å²) in [5, 5.41) is 23.7. The van der Waals surface area contributed by atoms with Gasteiger partial charge in [0.1, 0.15) is 5.75 Å². The van der Waals surface area contributed by atoms with Crippen molar-refractivity contribution >= 4 is 17.8 Å². The number of hydrogen-bond donors (Lipinski definition) is 2. The molecule has 18 heavy (non-hydrogen) atoms. The van der Waals surface area contributed by atoms with E-state index < -0.39 is 4.92 Å². The summed E-state index contributed by atoms with van der Waals surface area (Å²) in [7, 11) is 0. The average Bonchev–Trinajstić information content (AvgIpc) is 3.15. The largest absolute Gasteiger partial charge is 0.507 e. The molecule has 7 nitrogen and oxygen atoms in total. The summed E-state index contributed by atoms with van der Waals surface area (Å²) < 4.78 is 0. The number of amides is 1. The Bertz CT molecular complexity index is 523. The summed E-state index contributed by atoms with van der Waals surface area (Å²) in [5.41, 5.74) is 2.35. The maximum absolute atomic E-state index is 11.3. The molecule has 0 atom stereocenters. The number of hydrogen-bond acceptors (Lipinski definition) is 5. The predicted octanol–water partition coefficient (Wildman–Crippen LogP) is 1.16. The number of nitrogens with one attached hydrogen (secondary N) is 1. The molecule has 1 aromatic carbocycles. The molecule has 7 heteroatoms. The minimum atomic E-state index is -0.570. The maximum atomic E-state index is 11.3. The summed E-state index contributed by atoms with van der Waals surface area (Å²) in [5.74, 6) is -0.276. The number of phenols is 1. The van der Waals surface area contributed by atoms with Crippen molar-refractivity contribution < 1.29 is 14.8 Å². The molecule has 0 bridgehead atoms. The number of aromatic hydroxyl groups is 1. The zero-order chi connectivity index (χ0) is 13.1. The molecule has 1 aliphatic rings. The Morgan fingerprint density at radius 3 is 2.89 bits per heavy atom. The smallest absolute Gasteiger partial charge is 0.270 e. The van der Waals surface area contributed by atoms with Crippen LogP contribution in [0.3, 0.4) is 0 Å². The third kappa shape index (κ3) is 2.82. The van der Waals surface area contributed by atoms with Crippen LogP contribution in [0.4, 0.5) is 5.69 Å². The second kappa shape index (κ2) is 4.82. The van der Waals surface area contributed by atoms with E-state index in [0.717, 1.165) is 12.8 Å². The number of nitrogens with zero attached hydrogens (tertiary/aromatic N) is 2. The fraction of sp³-hybridized carbons (Fsp3) is 0.273. The normalized spacial score (nSPS) is 14.7. The molecule has 1 aromatic rings. The quantitative estimate of drug-likeness (QED) is 0.474. The SMILES string of the molecule is O=C(N/N=C\c1cc([N+](=O)[O-])ccc1O)C1CC1. The van der Waals surface area contributed by atoms with Gasteiger partial charge in [-0.2, -0.15) is 5.10 Å². The number of non-ortho nitro benzene ring substituents is 1. The molecule has 0 aromatic heterocycles. The van der Waals surface area contributed by atoms with E-state index in [0.29, 0.717) is 0 Å². The molecule has 1 saturated carbocycles. The van der Waals surface area contributed by atoms with Gasteiger partial charge >= 0.3 is 0 Å². The van der Waals surface area contributed by atoms with Crippen molar-refractivity contribution in [3.05, 3.63) is 33.9 Å². The Hall–Kier alpha value is -2.44. The lowest BCUT2D eigenvalue weighted by atomic mass is 10.2. The molecule has 94 valence electrons. The number of benzene rings is 1. The highest BCUT2D eigenvalue weighted by Crippen LogP contribution is 2.28. The van der Waals surface area contributed by atoms with Crippen LogP contribution in [-0.4, -0.2) is 22.2 Å². The Morgan fingerprint density at radius 2 is 2.28 bits per heavy atom. The first-order valence-corrected chi connectivity index (χ1v) is 5.38. The van der Waals surface area contributed by atoms with Crippen molar-refractivity contribution in [3.63, 3.8) is 0 Å². The number of carbonyl (C=O) groups excluding carboxylic acids is 1. The Morgan fingerprint density at radius 1 is 1.56 bits per heavy atom. The van der Waals surface area contributed by atoms with E-state index in [2.05, 4.69) is 10.5 Å². The number of nitro benzene ring substituents is 1. The Labute approximate surface area is 102 Å². The van der Waals surface area contributed by atoms with E-state index in [1.165, 1.54) is 24.4 Å². The monoisotopic (exact) mass is 249 g/mol. The number of carbonyl (C=O) groups is 1. The van der Waals surface area contributed by atoms with E-state index in [9.17, 15) is 20.0 Å². The van der Waals surface area contributed by atoms with Crippen LogP contribution in [0.1, 0.15) is 18.4 Å². The molecular formula is C11H11N3O4. The first kappa shape index (κ1) is 12.0. The van der Waals surface area contributed by atoms with Crippen molar-refractivity contribution in [2.45, 2.75) is 12.8 Å². The highest BCUT2D eigenvalue weighted by atomic mass is 16.6. The van der Waals surface area contributed by atoms with Crippen LogP contribution in [-0.2, 0) is 4.79 Å². The molecule has 1 aliphatic carbocycles. The van der Waals surface area contributed by atoms with Gasteiger partial charge in [-0.05, 0) is 18.9 Å². The van der Waals surface area contributed by atoms with Gasteiger partial charge in [0, 0.05) is 23.6 Å². The Kier molecular flexibility index (Phi) is 3.22. The van der Waals surface area contributed by atoms with Crippen molar-refractivity contribution in [1.82, 2.24) is 5.43 Å². The lowest BCUT2D eigenvalue weighted by Gasteiger charge is -1.99. The summed E-state index contributed by atoms with van der Waals surface area (Å²) in [6.07, 6.45) is 2.91. The molecule has 0 aliphatic heterocycles. The van der Waals surface area contributed by atoms with Crippen molar-refractivity contribution in [2.24, 2.45) is 11.0 Å². The molecule has 0 heterocycles. The number of phenolic OH excluding ortho intramolecular Hbond substituents is 1. The topological polar surface area (TPSA) is 105 Å². The van der Waals surface area contributed by atoms with E-state index >= 15 is 0 Å². The molecule has 0 saturated heterocycles. The maximum Gasteiger partial charge on any atom is 0.270 e. The van der Waals surface area contributed by atoms with Gasteiger partial charge in [-0.3, -0.25) is 14.9 Å². The first-order chi connectivity index (χ1) is 8.58. The van der Waals surface area contributed by atoms with Crippen molar-refractivity contribution in [3.8, 4) is 5.75 Å². The highest BCUT2D eigenvalue weighted by Gasteiger charge is 2.29. The van der Waals surface area contributed by atoms with Gasteiger partial charge in [0.25, 0.3) is 5.69 Å². The molecule has 2 rings (SSSR count). The van der Waals surface area contributed by atoms with E-state index in [1.54, 1.807) is 0 Å². The van der Waals surface area contributed by atoms with Gasteiger partial charge < -0.3 is 5.11 Å². The fourth-order valence-corrected chi connectivity index (χ4v) is 1.36. The predicted molar refractivity (Wildman–Crippen MR) is 63.2 cm³/mol. The first-order valence-electron chi connectivity index (χ1n) is 5.38. The minimum Gasteiger partial charge on any atom is -0.507 e. The van der Waals surface area contributed by atoms with Crippen molar-refractivity contribution in [1.29, 1.82) is 0 Å². The number of rotatable bonds is 4. The van der Waals surface area contributed by atoms with Gasteiger partial charge in [-0.25, -0.2) is 5.43 Å². The summed E-state index contributed by atoms with van der Waals surface area (Å²) >= 11 is 0. The molecule has 1 fully saturated rings. The fourth-order valence-electron chi connectivity index (χ4n) is 1.36. The Balaban J connectivity index is 2.07. The molecular weight excluding hydrogens is 238 g/mol. The lowest BCUT2D eigenvalue weighted by Crippen LogP contribution is -2.18. The average molecular weight is 249 g/mol. The minimum absolute atomic E-state index is 0.0286. The summed E-state index contributed by atoms with van der Waals surface area (Å²) in [6.45, 7) is 0. The molecule has 0 spiro atoms. The van der Waals surface area contributed by atoms with Crippen LogP contribution >= 0.6 is 0 Å². The zero-order valence-electron chi connectivity index (χ0n) is 9.37. The second-order valence-electron chi connectivity index (χ2n) is 4.01. The third-order valence-corrected chi connectivity index (χ3v) is 2.55. The lowest BCUT2D eigenvalue weighted by molar-refractivity contribution is -0.384. The standard InChI is InChI=1S/C11H11N3O4/c15-10-4-3-9(14(17)18)5-8(10)6-12-13-11(16)7-1-2-7/h3-7,15H,1-2H2,(H,13,16)/b12-6-. The van der Waals surface area contributed by atoms with Gasteiger partial charge in [0.2, 0.25) is 5.91 Å². The highest BCUT2D eigenvalue weighted by molar-refractivity contribution is 5.86. The van der Waals surface area contributed by atoms with Gasteiger partial charge in [0.05, 0.1) is 11.1 Å². The van der Waals surface area contributed by atoms with Crippen LogP contribution in [0.25, 0.3) is 0 Å². The van der Waals surface area contributed by atoms with Crippen LogP contribution in [0.5, 0.6) is 5.75 Å². The van der Waals surface area contributed by atoms with Gasteiger partial charge in [-0.15, -0.1) is 0 Å². The molecule has 2 N–H and O–H groups in total. The molecule has 1 amide bonds. The van der Waals surface area contributed by atoms with Gasteiger partial charge in [0.15, 0.2) is 0 Å². The number of hydrazone groups is 1. The second-order valence-corrected chi connectivity index (χ2v) is 4.01. The number of nitro groups is 1. The molecule has 0 unspecified atom stereocenters. The third-order valence-electron chi connectivity index (χ3n) is 2.55. The van der Waals surface area contributed by atoms with Gasteiger partial charge in [-0.1, -0.05) is 0 Å². The van der Waals surface area contributed by atoms with Crippen LogP contribution in [0.15, 0.2) is 23.3 Å². The molecule has 0 radical (unpaired) electrons. The van der Waals surface area contributed by atoms with Crippen LogP contribution in [0, 0.1) is 16.0 Å². The summed E-state index contributed by atoms with van der Waals surface area (Å²) in [4.78, 5) is 21.2. The van der Waals surface area contributed by atoms with Crippen molar-refractivity contribution in [2.75, 3.05) is 0 Å². The van der Waals surface area contributed by atoms with E-state index in [4.69, 9.17) is 0 Å². The van der Waals surface area contributed by atoms with E-state index in [-0.39, 0.29) is 28.8 Å². The van der Waals surface area contributed by atoms with Crippen LogP contribution in [0.2, 0.25) is 0 Å². The summed E-state index contributed by atoms with van der Waals surface area (Å²) in [6, 6.07) is 3.58. The van der Waals surface area contributed by atoms with Crippen LogP contribution < -0.4 is 5.43 Å².